The summed E-state index contributed by atoms with van der Waals surface area (Å²) < 4.78 is 0.825. The molecule has 3 aromatic heterocycles. The highest BCUT2D eigenvalue weighted by Crippen LogP contribution is 2.42. The SMILES string of the molecule is C=C1Nc2ccc(C)cc2-c2ccsc21.C=C=O.CC.CC.CCCCC(CCc1ccc2[nH]c(=O)c3sccc3c2c1)NC. The van der Waals surface area contributed by atoms with Gasteiger partial charge >= 0.3 is 0 Å². The van der Waals surface area contributed by atoms with Crippen LogP contribution in [0.3, 0.4) is 0 Å². The molecule has 0 bridgehead atoms. The highest BCUT2D eigenvalue weighted by atomic mass is 32.1. The Morgan fingerprint density at radius 1 is 0.933 bits per heavy atom. The number of nitrogens with one attached hydrogen (secondary N) is 3. The van der Waals surface area contributed by atoms with Crippen molar-refractivity contribution in [3.05, 3.63) is 98.8 Å². The third-order valence-corrected chi connectivity index (χ3v) is 9.17. The minimum atomic E-state index is 0.0186. The van der Waals surface area contributed by atoms with Crippen LogP contribution in [0.4, 0.5) is 5.69 Å². The van der Waals surface area contributed by atoms with Gasteiger partial charge in [0.1, 0.15) is 10.6 Å². The van der Waals surface area contributed by atoms with Crippen LogP contribution < -0.4 is 16.2 Å². The third kappa shape index (κ3) is 9.87. The smallest absolute Gasteiger partial charge is 0.266 e. The molecule has 0 aliphatic carbocycles. The standard InChI is InChI=1S/C19H24N2OS.C13H11NS.C2H2O.2C2H6/c1-3-4-5-14(20-2)8-6-13-7-9-17-16(12-13)15-10-11-23-18(15)19(22)21-17;1-8-3-4-12-11(7-8)10-5-6-15-13(10)9(2)14-12;1-2-3;2*1-2/h7,9-12,14,20H,3-6,8H2,1-2H3,(H,21,22);3-7,14H,2H2,1H3;1H2;2*1-2H3. The lowest BCUT2D eigenvalue weighted by Crippen LogP contribution is -2.25. The fourth-order valence-electron chi connectivity index (χ4n) is 5.14. The molecule has 45 heavy (non-hydrogen) atoms. The fraction of sp³-hybridized carbons (Fsp3) is 0.342. The van der Waals surface area contributed by atoms with Gasteiger partial charge in [-0.05, 0) is 92.5 Å². The van der Waals surface area contributed by atoms with E-state index in [1.165, 1.54) is 63.7 Å². The summed E-state index contributed by atoms with van der Waals surface area (Å²) in [4.78, 5) is 24.9. The zero-order valence-electron chi connectivity index (χ0n) is 27.9. The monoisotopic (exact) mass is 643 g/mol. The molecule has 0 radical (unpaired) electrons. The molecule has 0 saturated heterocycles. The lowest BCUT2D eigenvalue weighted by atomic mass is 9.98. The summed E-state index contributed by atoms with van der Waals surface area (Å²) in [5.74, 6) is 1.25. The maximum absolute atomic E-state index is 12.0. The number of thiophene rings is 2. The Morgan fingerprint density at radius 3 is 2.33 bits per heavy atom. The predicted molar refractivity (Wildman–Crippen MR) is 202 cm³/mol. The molecule has 7 heteroatoms. The van der Waals surface area contributed by atoms with Gasteiger partial charge in [0.2, 0.25) is 0 Å². The van der Waals surface area contributed by atoms with Crippen molar-refractivity contribution in [1.82, 2.24) is 10.3 Å². The van der Waals surface area contributed by atoms with Gasteiger partial charge in [0.05, 0.1) is 4.88 Å². The van der Waals surface area contributed by atoms with Crippen LogP contribution in [0.15, 0.2) is 77.2 Å². The Morgan fingerprint density at radius 2 is 1.64 bits per heavy atom. The Labute approximate surface area is 277 Å². The van der Waals surface area contributed by atoms with Gasteiger partial charge in [-0.3, -0.25) is 4.79 Å². The highest BCUT2D eigenvalue weighted by molar-refractivity contribution is 7.17. The molecule has 1 atom stereocenters. The highest BCUT2D eigenvalue weighted by Gasteiger charge is 2.19. The van der Waals surface area contributed by atoms with Crippen LogP contribution in [0.2, 0.25) is 0 Å². The van der Waals surface area contributed by atoms with Crippen molar-refractivity contribution >= 4 is 61.0 Å². The Bertz CT molecular complexity index is 1740. The summed E-state index contributed by atoms with van der Waals surface area (Å²) in [7, 11) is 2.06. The van der Waals surface area contributed by atoms with E-state index in [2.05, 4.69) is 97.5 Å². The van der Waals surface area contributed by atoms with Gasteiger partial charge in [0.15, 0.2) is 0 Å². The Balaban J connectivity index is 0.000000276. The first-order valence-electron chi connectivity index (χ1n) is 15.9. The number of hydrogen-bond donors (Lipinski definition) is 3. The zero-order chi connectivity index (χ0) is 33.4. The number of hydrogen-bond acceptors (Lipinski definition) is 6. The lowest BCUT2D eigenvalue weighted by molar-refractivity contribution is 0.472. The van der Waals surface area contributed by atoms with Gasteiger partial charge in [-0.1, -0.05) is 71.7 Å². The summed E-state index contributed by atoms with van der Waals surface area (Å²) in [6.45, 7) is 19.1. The minimum Gasteiger partial charge on any atom is -0.354 e. The van der Waals surface area contributed by atoms with Crippen molar-refractivity contribution in [3.63, 3.8) is 0 Å². The maximum Gasteiger partial charge on any atom is 0.266 e. The van der Waals surface area contributed by atoms with Crippen molar-refractivity contribution in [2.45, 2.75) is 79.7 Å². The van der Waals surface area contributed by atoms with Gasteiger partial charge in [0.25, 0.3) is 5.56 Å². The molecular weight excluding hydrogens is 595 g/mol. The van der Waals surface area contributed by atoms with Crippen molar-refractivity contribution in [2.75, 3.05) is 12.4 Å². The number of carbonyl (C=O) groups excluding carboxylic acids is 1. The minimum absolute atomic E-state index is 0.0186. The van der Waals surface area contributed by atoms with Gasteiger partial charge in [-0.25, -0.2) is 4.79 Å². The number of aromatic amines is 1. The van der Waals surface area contributed by atoms with Gasteiger partial charge in [0, 0.05) is 44.8 Å². The summed E-state index contributed by atoms with van der Waals surface area (Å²) in [5, 5.41) is 13.1. The van der Waals surface area contributed by atoms with E-state index < -0.39 is 0 Å². The Hall–Kier alpha value is -3.74. The Kier molecular flexibility index (Phi) is 16.3. The van der Waals surface area contributed by atoms with Crippen LogP contribution in [0.5, 0.6) is 0 Å². The van der Waals surface area contributed by atoms with E-state index in [0.29, 0.717) is 6.04 Å². The molecule has 5 aromatic rings. The number of anilines is 1. The summed E-state index contributed by atoms with van der Waals surface area (Å²) in [6.07, 6.45) is 5.98. The van der Waals surface area contributed by atoms with E-state index in [4.69, 9.17) is 4.79 Å². The number of rotatable bonds is 7. The summed E-state index contributed by atoms with van der Waals surface area (Å²) >= 11 is 3.25. The number of aryl methyl sites for hydroxylation is 2. The molecule has 5 nitrogen and oxygen atoms in total. The molecular formula is C38H49N3O2S2. The van der Waals surface area contributed by atoms with Crippen LogP contribution in [0.25, 0.3) is 37.8 Å². The van der Waals surface area contributed by atoms with Gasteiger partial charge in [-0.2, -0.15) is 0 Å². The van der Waals surface area contributed by atoms with Crippen LogP contribution in [-0.4, -0.2) is 24.0 Å². The van der Waals surface area contributed by atoms with Crippen LogP contribution >= 0.6 is 22.7 Å². The van der Waals surface area contributed by atoms with Crippen LogP contribution in [0.1, 0.15) is 76.3 Å². The topological polar surface area (TPSA) is 74.0 Å². The number of H-pyrrole nitrogens is 1. The van der Waals surface area contributed by atoms with Crippen molar-refractivity contribution < 1.29 is 4.79 Å². The zero-order valence-corrected chi connectivity index (χ0v) is 29.6. The average Bonchev–Trinajstić information content (AvgIpc) is 3.77. The number of fused-ring (bicyclic) bond motifs is 6. The van der Waals surface area contributed by atoms with E-state index in [0.717, 1.165) is 45.2 Å². The van der Waals surface area contributed by atoms with Crippen LogP contribution in [0, 0.1) is 6.92 Å². The largest absolute Gasteiger partial charge is 0.354 e. The lowest BCUT2D eigenvalue weighted by Gasteiger charge is -2.20. The van der Waals surface area contributed by atoms with E-state index in [1.807, 2.05) is 39.1 Å². The molecule has 240 valence electrons. The average molecular weight is 644 g/mol. The molecule has 6 rings (SSSR count). The third-order valence-electron chi connectivity index (χ3n) is 7.28. The van der Waals surface area contributed by atoms with Gasteiger partial charge in [-0.15, -0.1) is 22.7 Å². The second kappa shape index (κ2) is 19.6. The fourth-order valence-corrected chi connectivity index (χ4v) is 6.79. The molecule has 0 amide bonds. The molecule has 1 unspecified atom stereocenters. The number of benzene rings is 2. The van der Waals surface area contributed by atoms with Crippen molar-refractivity contribution in [2.24, 2.45) is 0 Å². The first kappa shape index (κ1) is 37.4. The molecule has 4 heterocycles. The summed E-state index contributed by atoms with van der Waals surface area (Å²) in [6, 6.07) is 17.7. The summed E-state index contributed by atoms with van der Waals surface area (Å²) in [5.41, 5.74) is 8.36. The van der Waals surface area contributed by atoms with Crippen LogP contribution in [-0.2, 0) is 11.2 Å². The first-order valence-corrected chi connectivity index (χ1v) is 17.6. The molecule has 0 fully saturated rings. The molecule has 0 saturated carbocycles. The quantitative estimate of drug-likeness (QED) is 0.154. The van der Waals surface area contributed by atoms with E-state index >= 15 is 0 Å². The number of pyridine rings is 1. The predicted octanol–water partition coefficient (Wildman–Crippen LogP) is 10.6. The normalized spacial score (nSPS) is 11.4. The molecule has 1 aliphatic heterocycles. The molecule has 1 aliphatic rings. The maximum atomic E-state index is 12.0. The van der Waals surface area contributed by atoms with E-state index in [-0.39, 0.29) is 5.56 Å². The van der Waals surface area contributed by atoms with E-state index in [9.17, 15) is 4.79 Å². The van der Waals surface area contributed by atoms with Crippen molar-refractivity contribution in [1.29, 1.82) is 0 Å². The first-order chi connectivity index (χ1) is 21.9. The molecule has 0 spiro atoms. The molecule has 3 N–H and O–H groups in total. The molecule has 2 aromatic carbocycles. The number of aromatic nitrogens is 1. The second-order valence-corrected chi connectivity index (χ2v) is 12.0. The van der Waals surface area contributed by atoms with Crippen molar-refractivity contribution in [3.8, 4) is 11.1 Å². The van der Waals surface area contributed by atoms with Gasteiger partial charge < -0.3 is 15.6 Å². The van der Waals surface area contributed by atoms with E-state index in [1.54, 1.807) is 11.3 Å². The number of unbranched alkanes of at least 4 members (excludes halogenated alkanes) is 1. The second-order valence-electron chi connectivity index (χ2n) is 10.1.